The molecule has 1 aliphatic rings. The van der Waals surface area contributed by atoms with Gasteiger partial charge in [0.2, 0.25) is 21.8 Å². The monoisotopic (exact) mass is 546 g/mol. The number of ether oxygens (including phenoxy) is 1. The number of sulfonamides is 1. The third-order valence-corrected chi connectivity index (χ3v) is 7.86. The molecule has 2 N–H and O–H groups in total. The zero-order valence-corrected chi connectivity index (χ0v) is 22.3. The lowest BCUT2D eigenvalue weighted by Gasteiger charge is -2.32. The number of rotatable bonds is 8. The van der Waals surface area contributed by atoms with Crippen molar-refractivity contribution in [3.8, 4) is 5.75 Å². The minimum atomic E-state index is -4.10. The topological polar surface area (TPSA) is 154 Å². The number of aliphatic carboxylic acids is 1. The van der Waals surface area contributed by atoms with Gasteiger partial charge < -0.3 is 20.1 Å². The van der Waals surface area contributed by atoms with E-state index >= 15 is 0 Å². The number of carbonyl (C=O) groups is 4. The van der Waals surface area contributed by atoms with Gasteiger partial charge in [-0.05, 0) is 68.3 Å². The molecule has 2 aromatic rings. The zero-order valence-electron chi connectivity index (χ0n) is 21.4. The molecule has 1 saturated heterocycles. The van der Waals surface area contributed by atoms with Crippen LogP contribution in [0.2, 0.25) is 0 Å². The van der Waals surface area contributed by atoms with Crippen molar-refractivity contribution in [2.45, 2.75) is 43.7 Å². The minimum Gasteiger partial charge on any atom is -0.480 e. The van der Waals surface area contributed by atoms with Crippen LogP contribution in [-0.4, -0.2) is 79.3 Å². The first-order chi connectivity index (χ1) is 17.8. The van der Waals surface area contributed by atoms with E-state index in [1.54, 1.807) is 0 Å². The van der Waals surface area contributed by atoms with Crippen LogP contribution in [0, 0.1) is 0 Å². The van der Waals surface area contributed by atoms with Crippen molar-refractivity contribution >= 4 is 45.3 Å². The normalized spacial score (nSPS) is 16.4. The maximum atomic E-state index is 13.7. The Kier molecular flexibility index (Phi) is 8.74. The van der Waals surface area contributed by atoms with E-state index in [2.05, 4.69) is 5.32 Å². The number of benzene rings is 2. The number of carbonyl (C=O) groups excluding carboxylic acids is 3. The molecule has 3 rings (SSSR count). The van der Waals surface area contributed by atoms with Crippen LogP contribution in [0.5, 0.6) is 5.75 Å². The summed E-state index contributed by atoms with van der Waals surface area (Å²) in [7, 11) is -1.07. The third-order valence-electron chi connectivity index (χ3n) is 5.94. The summed E-state index contributed by atoms with van der Waals surface area (Å²) in [6.45, 7) is 2.74. The summed E-state index contributed by atoms with van der Waals surface area (Å²) in [5.41, 5.74) is 0.630. The van der Waals surface area contributed by atoms with E-state index < -0.39 is 40.1 Å². The van der Waals surface area contributed by atoms with Gasteiger partial charge in [0.15, 0.2) is 0 Å². The first kappa shape index (κ1) is 28.6. The van der Waals surface area contributed by atoms with Crippen molar-refractivity contribution in [1.82, 2.24) is 9.21 Å². The average Bonchev–Trinajstić information content (AvgIpc) is 3.36. The Bertz CT molecular complexity index is 1310. The largest absolute Gasteiger partial charge is 0.480 e. The predicted octanol–water partition coefficient (Wildman–Crippen LogP) is 2.36. The molecule has 1 fully saturated rings. The number of nitrogens with one attached hydrogen (secondary N) is 1. The van der Waals surface area contributed by atoms with Gasteiger partial charge in [-0.2, -0.15) is 4.31 Å². The molecule has 13 heteroatoms. The molecular weight excluding hydrogens is 516 g/mol. The van der Waals surface area contributed by atoms with Gasteiger partial charge in [-0.25, -0.2) is 18.0 Å². The Hall–Kier alpha value is -3.97. The molecule has 0 saturated carbocycles. The summed E-state index contributed by atoms with van der Waals surface area (Å²) >= 11 is 0. The zero-order chi connectivity index (χ0) is 28.2. The molecule has 0 aromatic heterocycles. The van der Waals surface area contributed by atoms with E-state index in [1.165, 1.54) is 81.4 Å². The summed E-state index contributed by atoms with van der Waals surface area (Å²) in [5, 5.41) is 12.3. The summed E-state index contributed by atoms with van der Waals surface area (Å²) < 4.78 is 33.2. The summed E-state index contributed by atoms with van der Waals surface area (Å²) in [5.74, 6) is -2.07. The second kappa shape index (κ2) is 11.6. The number of nitrogens with zero attached hydrogens (tertiary/aromatic N) is 3. The fourth-order valence-corrected chi connectivity index (χ4v) is 5.65. The van der Waals surface area contributed by atoms with Crippen LogP contribution in [0.3, 0.4) is 0 Å². The van der Waals surface area contributed by atoms with E-state index in [0.29, 0.717) is 12.1 Å². The molecule has 0 radical (unpaired) electrons. The third kappa shape index (κ3) is 6.29. The highest BCUT2D eigenvalue weighted by atomic mass is 32.2. The standard InChI is InChI=1S/C25H30N4O8S/c1-16(24(32)33)29(19-9-11-20(12-10-19)37-25(34)27(3)4)23(31)22-6-5-15-28(22)38(35,36)21-13-7-18(8-14-21)26-17(2)30/h7-14,16,22H,5-6,15H2,1-4H3,(H,26,30)(H,32,33)/t16-,22-/m0/s1. The molecule has 12 nitrogen and oxygen atoms in total. The van der Waals surface area contributed by atoms with E-state index in [4.69, 9.17) is 4.74 Å². The van der Waals surface area contributed by atoms with Crippen LogP contribution < -0.4 is 15.0 Å². The maximum Gasteiger partial charge on any atom is 0.414 e. The minimum absolute atomic E-state index is 0.0591. The molecule has 0 aliphatic carbocycles. The van der Waals surface area contributed by atoms with E-state index in [9.17, 15) is 32.7 Å². The van der Waals surface area contributed by atoms with Crippen molar-refractivity contribution in [3.63, 3.8) is 0 Å². The molecule has 1 heterocycles. The predicted molar refractivity (Wildman–Crippen MR) is 138 cm³/mol. The lowest BCUT2D eigenvalue weighted by Crippen LogP contribution is -2.52. The van der Waals surface area contributed by atoms with Crippen LogP contribution in [-0.2, 0) is 24.4 Å². The first-order valence-electron chi connectivity index (χ1n) is 11.8. The highest BCUT2D eigenvalue weighted by Crippen LogP contribution is 2.31. The highest BCUT2D eigenvalue weighted by molar-refractivity contribution is 7.89. The number of carboxylic acid groups (broad SMARTS) is 1. The second-order valence-electron chi connectivity index (χ2n) is 8.96. The van der Waals surface area contributed by atoms with Crippen LogP contribution >= 0.6 is 0 Å². The van der Waals surface area contributed by atoms with Gasteiger partial charge in [0.25, 0.3) is 0 Å². The summed E-state index contributed by atoms with van der Waals surface area (Å²) in [6, 6.07) is 8.86. The van der Waals surface area contributed by atoms with Crippen LogP contribution in [0.1, 0.15) is 26.7 Å². The fraction of sp³-hybridized carbons (Fsp3) is 0.360. The van der Waals surface area contributed by atoms with Crippen LogP contribution in [0.15, 0.2) is 53.4 Å². The summed E-state index contributed by atoms with van der Waals surface area (Å²) in [6.07, 6.45) is 0.0130. The first-order valence-corrected chi connectivity index (χ1v) is 13.2. The highest BCUT2D eigenvalue weighted by Gasteiger charge is 2.43. The number of hydrogen-bond acceptors (Lipinski definition) is 7. The lowest BCUT2D eigenvalue weighted by atomic mass is 10.1. The average molecular weight is 547 g/mol. The van der Waals surface area contributed by atoms with Gasteiger partial charge >= 0.3 is 12.1 Å². The van der Waals surface area contributed by atoms with Gasteiger partial charge in [-0.3, -0.25) is 14.5 Å². The van der Waals surface area contributed by atoms with Gasteiger partial charge in [-0.1, -0.05) is 0 Å². The molecule has 2 aromatic carbocycles. The number of carboxylic acids is 1. The number of hydrogen-bond donors (Lipinski definition) is 2. The Balaban J connectivity index is 1.90. The summed E-state index contributed by atoms with van der Waals surface area (Å²) in [4.78, 5) is 50.9. The SMILES string of the molecule is CC(=O)Nc1ccc(S(=O)(=O)N2CCC[C@H]2C(=O)N(c2ccc(OC(=O)N(C)C)cc2)[C@@H](C)C(=O)O)cc1. The molecule has 0 bridgehead atoms. The van der Waals surface area contributed by atoms with Gasteiger partial charge in [0.1, 0.15) is 17.8 Å². The van der Waals surface area contributed by atoms with Crippen molar-refractivity contribution in [1.29, 1.82) is 0 Å². The Labute approximate surface area is 220 Å². The molecule has 38 heavy (non-hydrogen) atoms. The second-order valence-corrected chi connectivity index (χ2v) is 10.8. The maximum absolute atomic E-state index is 13.7. The molecule has 204 valence electrons. The van der Waals surface area contributed by atoms with Gasteiger partial charge in [-0.15, -0.1) is 0 Å². The molecular formula is C25H30N4O8S. The van der Waals surface area contributed by atoms with E-state index in [0.717, 1.165) is 9.21 Å². The van der Waals surface area contributed by atoms with Crippen molar-refractivity contribution in [2.24, 2.45) is 0 Å². The molecule has 3 amide bonds. The van der Waals surface area contributed by atoms with Gasteiger partial charge in [0, 0.05) is 38.9 Å². The van der Waals surface area contributed by atoms with Crippen LogP contribution in [0.4, 0.5) is 16.2 Å². The Morgan fingerprint density at radius 2 is 1.66 bits per heavy atom. The molecule has 0 spiro atoms. The van der Waals surface area contributed by atoms with E-state index in [-0.39, 0.29) is 35.2 Å². The van der Waals surface area contributed by atoms with Crippen LogP contribution in [0.25, 0.3) is 0 Å². The number of amides is 3. The van der Waals surface area contributed by atoms with Gasteiger partial charge in [0.05, 0.1) is 4.90 Å². The van der Waals surface area contributed by atoms with E-state index in [1.807, 2.05) is 0 Å². The Morgan fingerprint density at radius 3 is 2.18 bits per heavy atom. The molecule has 2 atom stereocenters. The van der Waals surface area contributed by atoms with Crippen molar-refractivity contribution < 1.29 is 37.4 Å². The Morgan fingerprint density at radius 1 is 1.05 bits per heavy atom. The molecule has 0 unspecified atom stereocenters. The van der Waals surface area contributed by atoms with Crippen molar-refractivity contribution in [3.05, 3.63) is 48.5 Å². The molecule has 1 aliphatic heterocycles. The lowest BCUT2D eigenvalue weighted by molar-refractivity contribution is -0.140. The fourth-order valence-electron chi connectivity index (χ4n) is 4.00. The number of anilines is 2. The smallest absolute Gasteiger partial charge is 0.414 e. The van der Waals surface area contributed by atoms with Crippen molar-refractivity contribution in [2.75, 3.05) is 30.9 Å². The quantitative estimate of drug-likeness (QED) is 0.512.